The Morgan fingerprint density at radius 2 is 2.29 bits per heavy atom. The number of nitrogens with zero attached hydrogens (tertiary/aromatic N) is 2. The third-order valence-corrected chi connectivity index (χ3v) is 3.62. The van der Waals surface area contributed by atoms with Crippen LogP contribution in [-0.2, 0) is 4.79 Å². The molecule has 0 bridgehead atoms. The van der Waals surface area contributed by atoms with Crippen LogP contribution in [0.1, 0.15) is 43.0 Å². The predicted molar refractivity (Wildman–Crippen MR) is 77.9 cm³/mol. The highest BCUT2D eigenvalue weighted by atomic mass is 16.3. The van der Waals surface area contributed by atoms with Gasteiger partial charge in [0.05, 0.1) is 11.8 Å². The van der Waals surface area contributed by atoms with Crippen molar-refractivity contribution in [2.75, 3.05) is 13.1 Å². The molecular formula is C15H21N3O3. The number of aromatic nitrogens is 1. The molecule has 114 valence electrons. The van der Waals surface area contributed by atoms with E-state index in [2.05, 4.69) is 10.3 Å². The minimum atomic E-state index is -0.264. The number of aromatic hydroxyl groups is 1. The molecule has 1 aromatic rings. The Morgan fingerprint density at radius 3 is 3.00 bits per heavy atom. The molecule has 2 amide bonds. The second kappa shape index (κ2) is 7.06. The fourth-order valence-electron chi connectivity index (χ4n) is 2.51. The molecule has 0 saturated carbocycles. The molecular weight excluding hydrogens is 270 g/mol. The highest BCUT2D eigenvalue weighted by Crippen LogP contribution is 2.14. The van der Waals surface area contributed by atoms with Gasteiger partial charge in [-0.2, -0.15) is 0 Å². The first-order valence-corrected chi connectivity index (χ1v) is 7.32. The van der Waals surface area contributed by atoms with E-state index in [-0.39, 0.29) is 23.6 Å². The number of likely N-dealkylation sites (tertiary alicyclic amines) is 1. The number of nitrogens with one attached hydrogen (secondary N) is 1. The van der Waals surface area contributed by atoms with E-state index in [1.54, 1.807) is 0 Å². The van der Waals surface area contributed by atoms with E-state index < -0.39 is 0 Å². The molecule has 1 aliphatic heterocycles. The van der Waals surface area contributed by atoms with Crippen molar-refractivity contribution in [3.8, 4) is 5.75 Å². The summed E-state index contributed by atoms with van der Waals surface area (Å²) in [6.07, 6.45) is 5.51. The fourth-order valence-corrected chi connectivity index (χ4v) is 2.51. The van der Waals surface area contributed by atoms with Crippen LogP contribution >= 0.6 is 0 Å². The Kier molecular flexibility index (Phi) is 5.14. The summed E-state index contributed by atoms with van der Waals surface area (Å²) in [5.41, 5.74) is 0.330. The first-order valence-electron chi connectivity index (χ1n) is 7.32. The standard InChI is InChI=1S/C15H21N3O3/c1-2-6-18-7-5-12(3-4-14(18)20)17-15(21)11-8-13(19)10-16-9-11/h8-10,12,19H,2-7H2,1H3,(H,17,21). The van der Waals surface area contributed by atoms with Gasteiger partial charge in [0.2, 0.25) is 5.91 Å². The molecule has 1 unspecified atom stereocenters. The summed E-state index contributed by atoms with van der Waals surface area (Å²) in [5, 5.41) is 12.3. The van der Waals surface area contributed by atoms with Crippen molar-refractivity contribution in [2.45, 2.75) is 38.6 Å². The van der Waals surface area contributed by atoms with Crippen molar-refractivity contribution in [1.29, 1.82) is 0 Å². The topological polar surface area (TPSA) is 82.5 Å². The van der Waals surface area contributed by atoms with E-state index >= 15 is 0 Å². The molecule has 2 N–H and O–H groups in total. The number of carbonyl (C=O) groups is 2. The lowest BCUT2D eigenvalue weighted by Crippen LogP contribution is -2.36. The van der Waals surface area contributed by atoms with E-state index in [1.807, 2.05) is 11.8 Å². The molecule has 6 nitrogen and oxygen atoms in total. The predicted octanol–water partition coefficient (Wildman–Crippen LogP) is 1.31. The quantitative estimate of drug-likeness (QED) is 0.876. The van der Waals surface area contributed by atoms with Crippen molar-refractivity contribution in [3.63, 3.8) is 0 Å². The molecule has 2 heterocycles. The van der Waals surface area contributed by atoms with Gasteiger partial charge >= 0.3 is 0 Å². The number of rotatable bonds is 4. The van der Waals surface area contributed by atoms with Crippen LogP contribution in [0.2, 0.25) is 0 Å². The summed E-state index contributed by atoms with van der Waals surface area (Å²) in [6, 6.07) is 1.36. The number of pyridine rings is 1. The lowest BCUT2D eigenvalue weighted by molar-refractivity contribution is -0.130. The largest absolute Gasteiger partial charge is 0.506 e. The van der Waals surface area contributed by atoms with Crippen LogP contribution < -0.4 is 5.32 Å². The van der Waals surface area contributed by atoms with E-state index in [0.717, 1.165) is 19.4 Å². The maximum Gasteiger partial charge on any atom is 0.253 e. The highest BCUT2D eigenvalue weighted by Gasteiger charge is 2.23. The third kappa shape index (κ3) is 4.18. The molecule has 0 radical (unpaired) electrons. The van der Waals surface area contributed by atoms with Crippen molar-refractivity contribution in [1.82, 2.24) is 15.2 Å². The summed E-state index contributed by atoms with van der Waals surface area (Å²) < 4.78 is 0. The molecule has 1 aromatic heterocycles. The summed E-state index contributed by atoms with van der Waals surface area (Å²) in [7, 11) is 0. The SMILES string of the molecule is CCCN1CCC(NC(=O)c2cncc(O)c2)CCC1=O. The molecule has 0 aromatic carbocycles. The summed E-state index contributed by atoms with van der Waals surface area (Å²) in [6.45, 7) is 3.50. The smallest absolute Gasteiger partial charge is 0.253 e. The Labute approximate surface area is 124 Å². The van der Waals surface area contributed by atoms with Gasteiger partial charge in [-0.3, -0.25) is 14.6 Å². The number of hydrogen-bond acceptors (Lipinski definition) is 4. The molecule has 1 saturated heterocycles. The zero-order valence-electron chi connectivity index (χ0n) is 12.2. The van der Waals surface area contributed by atoms with Crippen molar-refractivity contribution < 1.29 is 14.7 Å². The molecule has 6 heteroatoms. The average molecular weight is 291 g/mol. The van der Waals surface area contributed by atoms with Crippen molar-refractivity contribution in [3.05, 3.63) is 24.0 Å². The highest BCUT2D eigenvalue weighted by molar-refractivity contribution is 5.94. The molecule has 1 aliphatic rings. The van der Waals surface area contributed by atoms with E-state index in [4.69, 9.17) is 0 Å². The second-order valence-electron chi connectivity index (χ2n) is 5.31. The van der Waals surface area contributed by atoms with Crippen molar-refractivity contribution in [2.24, 2.45) is 0 Å². The fraction of sp³-hybridized carbons (Fsp3) is 0.533. The molecule has 1 fully saturated rings. The van der Waals surface area contributed by atoms with Crippen LogP contribution in [0.15, 0.2) is 18.5 Å². The second-order valence-corrected chi connectivity index (χ2v) is 5.31. The van der Waals surface area contributed by atoms with Gasteiger partial charge in [0, 0.05) is 31.7 Å². The minimum absolute atomic E-state index is 0.0225. The molecule has 0 spiro atoms. The Hall–Kier alpha value is -2.11. The first-order chi connectivity index (χ1) is 10.1. The maximum atomic E-state index is 12.1. The van der Waals surface area contributed by atoms with Crippen LogP contribution in [0.3, 0.4) is 0 Å². The van der Waals surface area contributed by atoms with Crippen LogP contribution in [0.25, 0.3) is 0 Å². The Balaban J connectivity index is 1.94. The van der Waals surface area contributed by atoms with Gasteiger partial charge in [-0.05, 0) is 25.3 Å². The monoisotopic (exact) mass is 291 g/mol. The first kappa shape index (κ1) is 15.3. The van der Waals surface area contributed by atoms with Gasteiger partial charge in [-0.25, -0.2) is 0 Å². The summed E-state index contributed by atoms with van der Waals surface area (Å²) >= 11 is 0. The molecule has 0 aliphatic carbocycles. The number of carbonyl (C=O) groups excluding carboxylic acids is 2. The molecule has 2 rings (SSSR count). The summed E-state index contributed by atoms with van der Waals surface area (Å²) in [4.78, 5) is 29.7. The third-order valence-electron chi connectivity index (χ3n) is 3.62. The van der Waals surface area contributed by atoms with Gasteiger partial charge in [-0.15, -0.1) is 0 Å². The lowest BCUT2D eigenvalue weighted by Gasteiger charge is -2.20. The number of hydrogen-bond donors (Lipinski definition) is 2. The van der Waals surface area contributed by atoms with E-state index in [9.17, 15) is 14.7 Å². The van der Waals surface area contributed by atoms with E-state index in [0.29, 0.717) is 24.9 Å². The van der Waals surface area contributed by atoms with Crippen molar-refractivity contribution >= 4 is 11.8 Å². The van der Waals surface area contributed by atoms with Crippen LogP contribution in [-0.4, -0.2) is 45.9 Å². The van der Waals surface area contributed by atoms with E-state index in [1.165, 1.54) is 18.5 Å². The zero-order chi connectivity index (χ0) is 15.2. The van der Waals surface area contributed by atoms with Gasteiger partial charge in [0.15, 0.2) is 0 Å². The van der Waals surface area contributed by atoms with Crippen LogP contribution in [0.5, 0.6) is 5.75 Å². The van der Waals surface area contributed by atoms with Gasteiger partial charge in [-0.1, -0.05) is 6.92 Å². The molecule has 21 heavy (non-hydrogen) atoms. The maximum absolute atomic E-state index is 12.1. The number of amides is 2. The van der Waals surface area contributed by atoms with Crippen LogP contribution in [0, 0.1) is 0 Å². The Morgan fingerprint density at radius 1 is 1.48 bits per heavy atom. The minimum Gasteiger partial charge on any atom is -0.506 e. The average Bonchev–Trinajstić information content (AvgIpc) is 2.63. The Bertz CT molecular complexity index is 519. The van der Waals surface area contributed by atoms with Gasteiger partial charge < -0.3 is 15.3 Å². The van der Waals surface area contributed by atoms with Gasteiger partial charge in [0.1, 0.15) is 5.75 Å². The van der Waals surface area contributed by atoms with Crippen LogP contribution in [0.4, 0.5) is 0 Å². The van der Waals surface area contributed by atoms with Gasteiger partial charge in [0.25, 0.3) is 5.91 Å². The normalized spacial score (nSPS) is 19.2. The lowest BCUT2D eigenvalue weighted by atomic mass is 10.1. The molecule has 1 atom stereocenters. The zero-order valence-corrected chi connectivity index (χ0v) is 12.2. The summed E-state index contributed by atoms with van der Waals surface area (Å²) in [5.74, 6) is -0.139.